The second kappa shape index (κ2) is 4.37. The predicted octanol–water partition coefficient (Wildman–Crippen LogP) is 2.08. The fourth-order valence-electron chi connectivity index (χ4n) is 1.52. The van der Waals surface area contributed by atoms with Crippen LogP contribution in [0.25, 0.3) is 11.0 Å². The van der Waals surface area contributed by atoms with Crippen molar-refractivity contribution in [3.63, 3.8) is 0 Å². The molecule has 0 saturated carbocycles. The van der Waals surface area contributed by atoms with Crippen LogP contribution in [0.5, 0.6) is 5.75 Å². The van der Waals surface area contributed by atoms with E-state index in [1.807, 2.05) is 19.1 Å². The molecular formula is C12H12O4. The van der Waals surface area contributed by atoms with Crippen LogP contribution in [-0.2, 0) is 4.74 Å². The molecule has 4 heteroatoms. The van der Waals surface area contributed by atoms with Gasteiger partial charge in [-0.25, -0.2) is 4.79 Å². The highest BCUT2D eigenvalue weighted by Crippen LogP contribution is 2.21. The molecule has 0 N–H and O–H groups in total. The quantitative estimate of drug-likeness (QED) is 0.587. The van der Waals surface area contributed by atoms with Gasteiger partial charge in [0.25, 0.3) is 0 Å². The molecule has 1 aromatic heterocycles. The van der Waals surface area contributed by atoms with Gasteiger partial charge in [-0.1, -0.05) is 0 Å². The van der Waals surface area contributed by atoms with Gasteiger partial charge in [0.05, 0.1) is 0 Å². The Labute approximate surface area is 92.4 Å². The number of benzene rings is 1. The van der Waals surface area contributed by atoms with Gasteiger partial charge in [-0.05, 0) is 24.6 Å². The maximum absolute atomic E-state index is 11.2. The minimum atomic E-state index is -0.353. The van der Waals surface area contributed by atoms with E-state index in [9.17, 15) is 4.79 Å². The van der Waals surface area contributed by atoms with Gasteiger partial charge < -0.3 is 13.9 Å². The molecule has 2 rings (SSSR count). The second-order valence-electron chi connectivity index (χ2n) is 3.46. The van der Waals surface area contributed by atoms with Gasteiger partial charge in [-0.15, -0.1) is 0 Å². The van der Waals surface area contributed by atoms with Gasteiger partial charge in [0, 0.05) is 24.6 Å². The van der Waals surface area contributed by atoms with Gasteiger partial charge in [0.15, 0.2) is 6.79 Å². The van der Waals surface area contributed by atoms with Crippen LogP contribution in [0.3, 0.4) is 0 Å². The summed E-state index contributed by atoms with van der Waals surface area (Å²) < 4.78 is 15.1. The summed E-state index contributed by atoms with van der Waals surface area (Å²) in [5, 5.41) is 0.907. The number of methoxy groups -OCH3 is 1. The highest BCUT2D eigenvalue weighted by molar-refractivity contribution is 5.81. The lowest BCUT2D eigenvalue weighted by Gasteiger charge is -2.05. The minimum Gasteiger partial charge on any atom is -0.467 e. The summed E-state index contributed by atoms with van der Waals surface area (Å²) in [5.41, 5.74) is 1.07. The maximum atomic E-state index is 11.2. The van der Waals surface area contributed by atoms with Crippen LogP contribution < -0.4 is 10.4 Å². The Morgan fingerprint density at radius 2 is 2.12 bits per heavy atom. The molecule has 16 heavy (non-hydrogen) atoms. The zero-order valence-corrected chi connectivity index (χ0v) is 9.15. The summed E-state index contributed by atoms with van der Waals surface area (Å²) in [6, 6.07) is 6.83. The third kappa shape index (κ3) is 2.06. The Hall–Kier alpha value is -1.81. The summed E-state index contributed by atoms with van der Waals surface area (Å²) in [6.45, 7) is 2.04. The summed E-state index contributed by atoms with van der Waals surface area (Å²) >= 11 is 0. The molecular weight excluding hydrogens is 208 g/mol. The van der Waals surface area contributed by atoms with Crippen molar-refractivity contribution in [2.75, 3.05) is 13.9 Å². The lowest BCUT2D eigenvalue weighted by Crippen LogP contribution is -2.00. The summed E-state index contributed by atoms with van der Waals surface area (Å²) in [6.07, 6.45) is 0. The summed E-state index contributed by atoms with van der Waals surface area (Å²) in [5.74, 6) is 0.614. The van der Waals surface area contributed by atoms with Crippen LogP contribution in [0, 0.1) is 6.92 Å². The van der Waals surface area contributed by atoms with Crippen LogP contribution in [0.4, 0.5) is 0 Å². The van der Waals surface area contributed by atoms with Crippen molar-refractivity contribution in [3.05, 3.63) is 40.2 Å². The Morgan fingerprint density at radius 1 is 1.31 bits per heavy atom. The Morgan fingerprint density at radius 3 is 2.88 bits per heavy atom. The molecule has 1 heterocycles. The molecule has 0 atom stereocenters. The summed E-state index contributed by atoms with van der Waals surface area (Å²) in [4.78, 5) is 11.2. The van der Waals surface area contributed by atoms with E-state index in [0.29, 0.717) is 11.3 Å². The summed E-state index contributed by atoms with van der Waals surface area (Å²) in [7, 11) is 1.55. The number of aryl methyl sites for hydroxylation is 1. The molecule has 0 bridgehead atoms. The molecule has 0 fully saturated rings. The third-order valence-corrected chi connectivity index (χ3v) is 2.27. The molecule has 0 saturated heterocycles. The van der Waals surface area contributed by atoms with Crippen molar-refractivity contribution >= 4 is 11.0 Å². The SMILES string of the molecule is COCOc1ccc2c(C)cc(=O)oc2c1. The van der Waals surface area contributed by atoms with Gasteiger partial charge in [0.2, 0.25) is 0 Å². The Balaban J connectivity index is 2.49. The van der Waals surface area contributed by atoms with Crippen LogP contribution in [0.15, 0.2) is 33.5 Å². The first-order valence-corrected chi connectivity index (χ1v) is 4.87. The molecule has 84 valence electrons. The van der Waals surface area contributed by atoms with E-state index >= 15 is 0 Å². The van der Waals surface area contributed by atoms with Gasteiger partial charge in [-0.2, -0.15) is 0 Å². The molecule has 0 aliphatic rings. The fourth-order valence-corrected chi connectivity index (χ4v) is 1.52. The van der Waals surface area contributed by atoms with Crippen LogP contribution in [0.1, 0.15) is 5.56 Å². The van der Waals surface area contributed by atoms with Crippen LogP contribution >= 0.6 is 0 Å². The minimum absolute atomic E-state index is 0.168. The first-order chi connectivity index (χ1) is 7.70. The van der Waals surface area contributed by atoms with E-state index in [4.69, 9.17) is 13.9 Å². The molecule has 2 aromatic rings. The van der Waals surface area contributed by atoms with E-state index in [1.54, 1.807) is 13.2 Å². The highest BCUT2D eigenvalue weighted by atomic mass is 16.7. The largest absolute Gasteiger partial charge is 0.467 e. The number of ether oxygens (including phenoxy) is 2. The number of hydrogen-bond acceptors (Lipinski definition) is 4. The molecule has 1 aromatic carbocycles. The van der Waals surface area contributed by atoms with E-state index in [2.05, 4.69) is 0 Å². The molecule has 0 spiro atoms. The Kier molecular flexibility index (Phi) is 2.92. The molecule has 0 amide bonds. The fraction of sp³-hybridized carbons (Fsp3) is 0.250. The van der Waals surface area contributed by atoms with E-state index < -0.39 is 0 Å². The number of fused-ring (bicyclic) bond motifs is 1. The lowest BCUT2D eigenvalue weighted by molar-refractivity contribution is 0.0512. The predicted molar refractivity (Wildman–Crippen MR) is 59.7 cm³/mol. The van der Waals surface area contributed by atoms with Crippen LogP contribution in [-0.4, -0.2) is 13.9 Å². The smallest absolute Gasteiger partial charge is 0.336 e. The van der Waals surface area contributed by atoms with Crippen molar-refractivity contribution in [1.82, 2.24) is 0 Å². The number of hydrogen-bond donors (Lipinski definition) is 0. The zero-order chi connectivity index (χ0) is 11.5. The van der Waals surface area contributed by atoms with E-state index in [1.165, 1.54) is 6.07 Å². The Bertz CT molecular complexity index is 556. The van der Waals surface area contributed by atoms with E-state index in [-0.39, 0.29) is 12.4 Å². The average molecular weight is 220 g/mol. The standard InChI is InChI=1S/C12H12O4/c1-8-5-12(13)16-11-6-9(15-7-14-2)3-4-10(8)11/h3-6H,7H2,1-2H3. The lowest BCUT2D eigenvalue weighted by atomic mass is 10.1. The van der Waals surface area contributed by atoms with Gasteiger partial charge in [0.1, 0.15) is 11.3 Å². The maximum Gasteiger partial charge on any atom is 0.336 e. The van der Waals surface area contributed by atoms with Crippen molar-refractivity contribution in [3.8, 4) is 5.75 Å². The molecule has 0 aliphatic carbocycles. The molecule has 0 unspecified atom stereocenters. The first kappa shape index (κ1) is 10.7. The molecule has 0 radical (unpaired) electrons. The van der Waals surface area contributed by atoms with Crippen LogP contribution in [0.2, 0.25) is 0 Å². The van der Waals surface area contributed by atoms with Crippen molar-refractivity contribution in [2.24, 2.45) is 0 Å². The number of rotatable bonds is 3. The average Bonchev–Trinajstić information content (AvgIpc) is 2.25. The zero-order valence-electron chi connectivity index (χ0n) is 9.15. The normalized spacial score (nSPS) is 10.6. The van der Waals surface area contributed by atoms with Gasteiger partial charge >= 0.3 is 5.63 Å². The van der Waals surface area contributed by atoms with Crippen molar-refractivity contribution in [2.45, 2.75) is 6.92 Å². The first-order valence-electron chi connectivity index (χ1n) is 4.87. The van der Waals surface area contributed by atoms with Gasteiger partial charge in [-0.3, -0.25) is 0 Å². The van der Waals surface area contributed by atoms with Crippen molar-refractivity contribution in [1.29, 1.82) is 0 Å². The monoisotopic (exact) mass is 220 g/mol. The molecule has 0 aliphatic heterocycles. The second-order valence-corrected chi connectivity index (χ2v) is 3.46. The molecule has 4 nitrogen and oxygen atoms in total. The third-order valence-electron chi connectivity index (χ3n) is 2.27. The highest BCUT2D eigenvalue weighted by Gasteiger charge is 2.03. The van der Waals surface area contributed by atoms with E-state index in [0.717, 1.165) is 10.9 Å². The topological polar surface area (TPSA) is 48.7 Å². The van der Waals surface area contributed by atoms with Crippen molar-refractivity contribution < 1.29 is 13.9 Å².